The molecule has 53 heavy (non-hydrogen) atoms. The topological polar surface area (TPSA) is 103 Å². The highest BCUT2D eigenvalue weighted by Crippen LogP contribution is 2.31. The van der Waals surface area contributed by atoms with E-state index in [0.717, 1.165) is 155 Å². The number of H-pyrrole nitrogens is 1. The van der Waals surface area contributed by atoms with Gasteiger partial charge in [-0.15, -0.1) is 0 Å². The van der Waals surface area contributed by atoms with Gasteiger partial charge < -0.3 is 29.2 Å². The Morgan fingerprint density at radius 1 is 0.736 bits per heavy atom. The molecule has 10 nitrogen and oxygen atoms in total. The summed E-state index contributed by atoms with van der Waals surface area (Å²) in [5, 5.41) is 4.41. The van der Waals surface area contributed by atoms with Gasteiger partial charge >= 0.3 is 0 Å². The van der Waals surface area contributed by atoms with Gasteiger partial charge in [-0.1, -0.05) is 30.7 Å². The zero-order valence-electron chi connectivity index (χ0n) is 30.6. The van der Waals surface area contributed by atoms with Crippen LogP contribution >= 0.6 is 0 Å². The van der Waals surface area contributed by atoms with Crippen molar-refractivity contribution in [2.45, 2.75) is 44.9 Å². The summed E-state index contributed by atoms with van der Waals surface area (Å²) in [6.07, 6.45) is 7.38. The van der Waals surface area contributed by atoms with Crippen LogP contribution in [0.1, 0.15) is 64.8 Å². The summed E-state index contributed by atoms with van der Waals surface area (Å²) in [5.74, 6) is 1.24. The second kappa shape index (κ2) is 16.5. The molecule has 2 fully saturated rings. The molecule has 2 saturated heterocycles. The molecule has 1 aromatic heterocycles. The van der Waals surface area contributed by atoms with E-state index in [2.05, 4.69) is 55.3 Å². The molecule has 2 bridgehead atoms. The number of nitrogens with zero attached hydrogens (tertiary/aromatic N) is 4. The van der Waals surface area contributed by atoms with Crippen LogP contribution in [0.15, 0.2) is 72.8 Å². The highest BCUT2D eigenvalue weighted by Gasteiger charge is 2.28. The first kappa shape index (κ1) is 35.3. The van der Waals surface area contributed by atoms with Gasteiger partial charge in [-0.2, -0.15) is 0 Å². The SMILES string of the molecule is O=C1NC(=O)c2c(CCCCCN3CCN(CCCCCOc4ccc(-c5nc6ccc(N7CCOCC7)cc6[nH]5)cc4)CC3)c1cc1ccccc21. The van der Waals surface area contributed by atoms with E-state index in [4.69, 9.17) is 14.5 Å². The molecule has 0 saturated carbocycles. The first-order chi connectivity index (χ1) is 26.1. The number of hydrogen-bond donors (Lipinski definition) is 2. The van der Waals surface area contributed by atoms with Crippen LogP contribution in [0.3, 0.4) is 0 Å². The summed E-state index contributed by atoms with van der Waals surface area (Å²) in [5.41, 5.74) is 6.55. The molecule has 4 heterocycles. The van der Waals surface area contributed by atoms with Gasteiger partial charge in [0.05, 0.1) is 36.4 Å². The van der Waals surface area contributed by atoms with Crippen LogP contribution < -0.4 is 15.0 Å². The maximum atomic E-state index is 12.7. The molecule has 0 aliphatic carbocycles. The van der Waals surface area contributed by atoms with E-state index in [0.29, 0.717) is 11.1 Å². The lowest BCUT2D eigenvalue weighted by atomic mass is 9.87. The van der Waals surface area contributed by atoms with E-state index in [1.54, 1.807) is 0 Å². The lowest BCUT2D eigenvalue weighted by Crippen LogP contribution is -2.46. The summed E-state index contributed by atoms with van der Waals surface area (Å²) in [7, 11) is 0. The molecular weight excluding hydrogens is 665 g/mol. The number of morpholine rings is 1. The predicted molar refractivity (Wildman–Crippen MR) is 210 cm³/mol. The minimum absolute atomic E-state index is 0.263. The number of carbonyl (C=O) groups excluding carboxylic acids is 2. The average Bonchev–Trinajstić information content (AvgIpc) is 3.63. The molecule has 0 atom stereocenters. The average molecular weight is 715 g/mol. The highest BCUT2D eigenvalue weighted by molar-refractivity contribution is 6.22. The van der Waals surface area contributed by atoms with Crippen molar-refractivity contribution in [1.82, 2.24) is 25.1 Å². The van der Waals surface area contributed by atoms with Crippen molar-refractivity contribution in [3.63, 3.8) is 0 Å². The lowest BCUT2D eigenvalue weighted by molar-refractivity contribution is 0.0839. The smallest absolute Gasteiger partial charge is 0.259 e. The number of imidazole rings is 1. The Kier molecular flexibility index (Phi) is 11.0. The molecule has 276 valence electrons. The third-order valence-corrected chi connectivity index (χ3v) is 11.1. The fourth-order valence-electron chi connectivity index (χ4n) is 8.06. The van der Waals surface area contributed by atoms with E-state index in [-0.39, 0.29) is 11.8 Å². The van der Waals surface area contributed by atoms with Gasteiger partial charge in [0.2, 0.25) is 0 Å². The van der Waals surface area contributed by atoms with Crippen LogP contribution in [0.2, 0.25) is 0 Å². The minimum Gasteiger partial charge on any atom is -0.494 e. The van der Waals surface area contributed by atoms with Crippen LogP contribution in [-0.2, 0) is 11.2 Å². The number of carbonyl (C=O) groups is 2. The Balaban J connectivity index is 0.694. The van der Waals surface area contributed by atoms with Gasteiger partial charge in [0.25, 0.3) is 11.8 Å². The van der Waals surface area contributed by atoms with E-state index in [1.165, 1.54) is 12.1 Å². The van der Waals surface area contributed by atoms with Crippen molar-refractivity contribution < 1.29 is 19.1 Å². The van der Waals surface area contributed by atoms with Gasteiger partial charge in [-0.05, 0) is 116 Å². The first-order valence-electron chi connectivity index (χ1n) is 19.5. The molecule has 0 radical (unpaired) electrons. The van der Waals surface area contributed by atoms with Crippen LogP contribution in [-0.4, -0.2) is 104 Å². The Labute approximate surface area is 311 Å². The standard InChI is InChI=1S/C43H50N6O4/c50-42-37-29-32-9-4-5-10-35(32)40(43(51)46-42)36(37)11-3-1-6-18-47-20-22-48(23-21-47)19-7-2-8-26-53-34-15-12-31(13-16-34)41-44-38-17-14-33(30-39(38)45-41)49-24-27-52-28-25-49/h4-5,9-10,12-17,29-30H,1-3,6-8,11,18-28H2,(H,44,45)(H,46,50,51). The van der Waals surface area contributed by atoms with Crippen LogP contribution in [0.5, 0.6) is 5.75 Å². The van der Waals surface area contributed by atoms with Crippen molar-refractivity contribution in [1.29, 1.82) is 0 Å². The molecule has 8 rings (SSSR count). The molecule has 3 aliphatic heterocycles. The van der Waals surface area contributed by atoms with E-state index < -0.39 is 0 Å². The van der Waals surface area contributed by atoms with Gasteiger partial charge in [-0.25, -0.2) is 4.98 Å². The maximum Gasteiger partial charge on any atom is 0.259 e. The van der Waals surface area contributed by atoms with Crippen molar-refractivity contribution in [3.05, 3.63) is 89.5 Å². The summed E-state index contributed by atoms with van der Waals surface area (Å²) < 4.78 is 11.6. The summed E-state index contributed by atoms with van der Waals surface area (Å²) in [6.45, 7) is 10.9. The highest BCUT2D eigenvalue weighted by atomic mass is 16.5. The molecule has 3 aliphatic rings. The quantitative estimate of drug-likeness (QED) is 0.0915. The van der Waals surface area contributed by atoms with Gasteiger partial charge in [0.15, 0.2) is 0 Å². The molecule has 2 N–H and O–H groups in total. The number of unbranched alkanes of at least 4 members (excludes halogenated alkanes) is 4. The normalized spacial score (nSPS) is 16.8. The Morgan fingerprint density at radius 3 is 2.25 bits per heavy atom. The zero-order chi connectivity index (χ0) is 36.0. The molecule has 4 aromatic carbocycles. The summed E-state index contributed by atoms with van der Waals surface area (Å²) in [4.78, 5) is 41.2. The number of nitrogens with one attached hydrogen (secondary N) is 2. The van der Waals surface area contributed by atoms with E-state index >= 15 is 0 Å². The fourth-order valence-corrected chi connectivity index (χ4v) is 8.06. The second-order valence-corrected chi connectivity index (χ2v) is 14.6. The Morgan fingerprint density at radius 2 is 1.47 bits per heavy atom. The van der Waals surface area contributed by atoms with Crippen molar-refractivity contribution in [2.24, 2.45) is 0 Å². The van der Waals surface area contributed by atoms with Crippen molar-refractivity contribution in [3.8, 4) is 17.1 Å². The number of fused-ring (bicyclic) bond motifs is 5. The Bertz CT molecular complexity index is 2050. The van der Waals surface area contributed by atoms with Crippen molar-refractivity contribution in [2.75, 3.05) is 77.1 Å². The monoisotopic (exact) mass is 714 g/mol. The maximum absolute atomic E-state index is 12.7. The number of benzene rings is 4. The van der Waals surface area contributed by atoms with Crippen LogP contribution in [0, 0.1) is 0 Å². The number of ether oxygens (including phenoxy) is 2. The van der Waals surface area contributed by atoms with Crippen LogP contribution in [0.25, 0.3) is 33.2 Å². The number of rotatable bonds is 15. The van der Waals surface area contributed by atoms with E-state index in [1.807, 2.05) is 42.5 Å². The number of hydrogen-bond acceptors (Lipinski definition) is 8. The molecule has 0 spiro atoms. The third-order valence-electron chi connectivity index (χ3n) is 11.1. The van der Waals surface area contributed by atoms with Gasteiger partial charge in [-0.3, -0.25) is 14.9 Å². The molecule has 10 heteroatoms. The second-order valence-electron chi connectivity index (χ2n) is 14.6. The number of aromatic amines is 1. The molecule has 2 amide bonds. The van der Waals surface area contributed by atoms with Crippen LogP contribution in [0.4, 0.5) is 5.69 Å². The lowest BCUT2D eigenvalue weighted by Gasteiger charge is -2.34. The number of aromatic nitrogens is 2. The summed E-state index contributed by atoms with van der Waals surface area (Å²) in [6, 6.07) is 24.5. The number of piperazine rings is 1. The number of imide groups is 1. The molecule has 5 aromatic rings. The van der Waals surface area contributed by atoms with E-state index in [9.17, 15) is 9.59 Å². The third kappa shape index (κ3) is 8.25. The zero-order valence-corrected chi connectivity index (χ0v) is 30.6. The van der Waals surface area contributed by atoms with Gasteiger partial charge in [0.1, 0.15) is 11.6 Å². The molecular formula is C43H50N6O4. The first-order valence-corrected chi connectivity index (χ1v) is 19.5. The fraction of sp³-hybridized carbons (Fsp3) is 0.419. The predicted octanol–water partition coefficient (Wildman–Crippen LogP) is 6.68. The minimum atomic E-state index is -0.268. The summed E-state index contributed by atoms with van der Waals surface area (Å²) >= 11 is 0. The number of anilines is 1. The van der Waals surface area contributed by atoms with Crippen molar-refractivity contribution >= 4 is 39.3 Å². The number of amides is 2. The van der Waals surface area contributed by atoms with Gasteiger partial charge in [0, 0.05) is 56.1 Å². The largest absolute Gasteiger partial charge is 0.494 e. The Hall–Kier alpha value is -4.77. The molecule has 0 unspecified atom stereocenters.